The minimum absolute atomic E-state index is 0.224. The molecule has 0 saturated carbocycles. The molecule has 0 amide bonds. The number of aromatic nitrogens is 1. The first-order valence-corrected chi connectivity index (χ1v) is 6.83. The van der Waals surface area contributed by atoms with E-state index in [1.165, 1.54) is 6.07 Å². The van der Waals surface area contributed by atoms with E-state index in [9.17, 15) is 4.39 Å². The Hall–Kier alpha value is -2.30. The summed E-state index contributed by atoms with van der Waals surface area (Å²) in [6.07, 6.45) is 0.453. The largest absolute Gasteiger partial charge is 0.271 e. The van der Waals surface area contributed by atoms with Crippen molar-refractivity contribution < 1.29 is 4.39 Å². The van der Waals surface area contributed by atoms with Crippen LogP contribution in [0.1, 0.15) is 17.3 Å². The summed E-state index contributed by atoms with van der Waals surface area (Å²) in [5.74, 6) is 5.41. The Labute approximate surface area is 122 Å². The topological polar surface area (TPSA) is 50.9 Å². The SMILES string of the molecule is NNC(Cc1ccccc1F)c1ccc2ccccc2n1. The van der Waals surface area contributed by atoms with Gasteiger partial charge in [0.2, 0.25) is 0 Å². The van der Waals surface area contributed by atoms with E-state index in [1.807, 2.05) is 42.5 Å². The summed E-state index contributed by atoms with van der Waals surface area (Å²) in [5, 5.41) is 1.07. The molecule has 4 heteroatoms. The number of halogens is 1. The lowest BCUT2D eigenvalue weighted by Gasteiger charge is -2.16. The van der Waals surface area contributed by atoms with E-state index < -0.39 is 0 Å². The number of hydrogen-bond donors (Lipinski definition) is 2. The number of nitrogens with zero attached hydrogens (tertiary/aromatic N) is 1. The van der Waals surface area contributed by atoms with E-state index in [0.717, 1.165) is 16.6 Å². The fourth-order valence-electron chi connectivity index (χ4n) is 2.41. The fourth-order valence-corrected chi connectivity index (χ4v) is 2.41. The average molecular weight is 281 g/mol. The third-order valence-electron chi connectivity index (χ3n) is 3.56. The van der Waals surface area contributed by atoms with Gasteiger partial charge in [0.15, 0.2) is 0 Å². The van der Waals surface area contributed by atoms with Gasteiger partial charge in [0.1, 0.15) is 5.82 Å². The van der Waals surface area contributed by atoms with E-state index in [2.05, 4.69) is 10.4 Å². The minimum atomic E-state index is -0.230. The van der Waals surface area contributed by atoms with E-state index >= 15 is 0 Å². The molecule has 3 rings (SSSR count). The monoisotopic (exact) mass is 281 g/mol. The second-order valence-electron chi connectivity index (χ2n) is 4.94. The zero-order valence-corrected chi connectivity index (χ0v) is 11.5. The van der Waals surface area contributed by atoms with Crippen molar-refractivity contribution in [3.63, 3.8) is 0 Å². The van der Waals surface area contributed by atoms with Crippen LogP contribution < -0.4 is 11.3 Å². The summed E-state index contributed by atoms with van der Waals surface area (Å²) in [6.45, 7) is 0. The highest BCUT2D eigenvalue weighted by Crippen LogP contribution is 2.20. The van der Waals surface area contributed by atoms with Crippen molar-refractivity contribution in [2.45, 2.75) is 12.5 Å². The summed E-state index contributed by atoms with van der Waals surface area (Å²) < 4.78 is 13.8. The van der Waals surface area contributed by atoms with Crippen LogP contribution in [-0.2, 0) is 6.42 Å². The molecule has 2 aromatic carbocycles. The molecule has 1 unspecified atom stereocenters. The Balaban J connectivity index is 1.93. The number of nitrogens with one attached hydrogen (secondary N) is 1. The van der Waals surface area contributed by atoms with Gasteiger partial charge < -0.3 is 0 Å². The molecular formula is C17H16FN3. The molecule has 0 aliphatic heterocycles. The van der Waals surface area contributed by atoms with Crippen molar-refractivity contribution >= 4 is 10.9 Å². The molecule has 0 spiro atoms. The number of fused-ring (bicyclic) bond motifs is 1. The molecular weight excluding hydrogens is 265 g/mol. The molecule has 3 nitrogen and oxygen atoms in total. The maximum Gasteiger partial charge on any atom is 0.126 e. The standard InChI is InChI=1S/C17H16FN3/c18-14-7-3-1-6-13(14)11-17(21-19)16-10-9-12-5-2-4-8-15(12)20-16/h1-10,17,21H,11,19H2. The number of hydrogen-bond acceptors (Lipinski definition) is 3. The summed E-state index contributed by atoms with van der Waals surface area (Å²) in [5.41, 5.74) is 5.06. The van der Waals surface area contributed by atoms with Crippen LogP contribution in [0.25, 0.3) is 10.9 Å². The summed E-state index contributed by atoms with van der Waals surface area (Å²) in [7, 11) is 0. The zero-order valence-electron chi connectivity index (χ0n) is 11.5. The van der Waals surface area contributed by atoms with Crippen LogP contribution in [0.4, 0.5) is 4.39 Å². The average Bonchev–Trinajstić information content (AvgIpc) is 2.54. The first kappa shape index (κ1) is 13.7. The maximum absolute atomic E-state index is 13.8. The van der Waals surface area contributed by atoms with Gasteiger partial charge in [0, 0.05) is 5.39 Å². The van der Waals surface area contributed by atoms with Crippen LogP contribution in [0.2, 0.25) is 0 Å². The van der Waals surface area contributed by atoms with Crippen molar-refractivity contribution in [1.82, 2.24) is 10.4 Å². The minimum Gasteiger partial charge on any atom is -0.271 e. The molecule has 1 heterocycles. The predicted octanol–water partition coefficient (Wildman–Crippen LogP) is 3.12. The number of para-hydroxylation sites is 1. The number of benzene rings is 2. The second kappa shape index (κ2) is 5.99. The van der Waals surface area contributed by atoms with Gasteiger partial charge in [-0.25, -0.2) is 4.39 Å². The summed E-state index contributed by atoms with van der Waals surface area (Å²) >= 11 is 0. The Kier molecular flexibility index (Phi) is 3.90. The van der Waals surface area contributed by atoms with Crippen LogP contribution in [-0.4, -0.2) is 4.98 Å². The molecule has 21 heavy (non-hydrogen) atoms. The fraction of sp³-hybridized carbons (Fsp3) is 0.118. The number of nitrogens with two attached hydrogens (primary N) is 1. The smallest absolute Gasteiger partial charge is 0.126 e. The maximum atomic E-state index is 13.8. The summed E-state index contributed by atoms with van der Waals surface area (Å²) in [6, 6.07) is 18.3. The van der Waals surface area contributed by atoms with Crippen molar-refractivity contribution in [1.29, 1.82) is 0 Å². The molecule has 0 aliphatic carbocycles. The van der Waals surface area contributed by atoms with E-state index in [0.29, 0.717) is 12.0 Å². The van der Waals surface area contributed by atoms with Crippen LogP contribution in [0.5, 0.6) is 0 Å². The van der Waals surface area contributed by atoms with Crippen LogP contribution in [0.3, 0.4) is 0 Å². The lowest BCUT2D eigenvalue weighted by atomic mass is 10.0. The highest BCUT2D eigenvalue weighted by molar-refractivity contribution is 5.78. The highest BCUT2D eigenvalue weighted by atomic mass is 19.1. The third-order valence-corrected chi connectivity index (χ3v) is 3.56. The lowest BCUT2D eigenvalue weighted by molar-refractivity contribution is 0.520. The van der Waals surface area contributed by atoms with Gasteiger partial charge in [-0.2, -0.15) is 0 Å². The van der Waals surface area contributed by atoms with Crippen molar-refractivity contribution in [2.24, 2.45) is 5.84 Å². The molecule has 0 fully saturated rings. The normalized spacial score (nSPS) is 12.5. The van der Waals surface area contributed by atoms with E-state index in [4.69, 9.17) is 5.84 Å². The van der Waals surface area contributed by atoms with Crippen LogP contribution in [0.15, 0.2) is 60.7 Å². The molecule has 1 atom stereocenters. The quantitative estimate of drug-likeness (QED) is 0.570. The number of rotatable bonds is 4. The van der Waals surface area contributed by atoms with Crippen LogP contribution in [0, 0.1) is 5.82 Å². The van der Waals surface area contributed by atoms with Gasteiger partial charge in [-0.1, -0.05) is 42.5 Å². The number of pyridine rings is 1. The first-order valence-electron chi connectivity index (χ1n) is 6.83. The third kappa shape index (κ3) is 2.91. The molecule has 0 aliphatic rings. The van der Waals surface area contributed by atoms with Crippen molar-refractivity contribution in [2.75, 3.05) is 0 Å². The Morgan fingerprint density at radius 3 is 2.57 bits per heavy atom. The second-order valence-corrected chi connectivity index (χ2v) is 4.94. The van der Waals surface area contributed by atoms with E-state index in [-0.39, 0.29) is 11.9 Å². The lowest BCUT2D eigenvalue weighted by Crippen LogP contribution is -2.30. The molecule has 3 aromatic rings. The molecule has 0 saturated heterocycles. The van der Waals surface area contributed by atoms with Gasteiger partial charge in [-0.15, -0.1) is 0 Å². The van der Waals surface area contributed by atoms with Gasteiger partial charge in [-0.05, 0) is 30.2 Å². The molecule has 0 radical (unpaired) electrons. The zero-order chi connectivity index (χ0) is 14.7. The predicted molar refractivity (Wildman–Crippen MR) is 81.9 cm³/mol. The summed E-state index contributed by atoms with van der Waals surface area (Å²) in [4.78, 5) is 4.61. The first-order chi connectivity index (χ1) is 10.3. The molecule has 0 bridgehead atoms. The van der Waals surface area contributed by atoms with Crippen LogP contribution >= 0.6 is 0 Å². The molecule has 106 valence electrons. The van der Waals surface area contributed by atoms with Crippen molar-refractivity contribution in [3.05, 3.63) is 77.7 Å². The van der Waals surface area contributed by atoms with Gasteiger partial charge in [-0.3, -0.25) is 16.3 Å². The number of hydrazine groups is 1. The van der Waals surface area contributed by atoms with Crippen molar-refractivity contribution in [3.8, 4) is 0 Å². The van der Waals surface area contributed by atoms with Gasteiger partial charge >= 0.3 is 0 Å². The highest BCUT2D eigenvalue weighted by Gasteiger charge is 2.14. The Morgan fingerprint density at radius 2 is 1.76 bits per heavy atom. The Bertz CT molecular complexity index is 758. The molecule has 3 N–H and O–H groups in total. The Morgan fingerprint density at radius 1 is 1.00 bits per heavy atom. The van der Waals surface area contributed by atoms with Gasteiger partial charge in [0.05, 0.1) is 17.3 Å². The van der Waals surface area contributed by atoms with E-state index in [1.54, 1.807) is 12.1 Å². The van der Waals surface area contributed by atoms with Gasteiger partial charge in [0.25, 0.3) is 0 Å². The molecule has 1 aromatic heterocycles.